The van der Waals surface area contributed by atoms with Crippen molar-refractivity contribution in [2.45, 2.75) is 19.1 Å². The first kappa shape index (κ1) is 13.9. The van der Waals surface area contributed by atoms with Gasteiger partial charge in [0.05, 0.1) is 24.8 Å². The Morgan fingerprint density at radius 2 is 2.21 bits per heavy atom. The third-order valence-electron chi connectivity index (χ3n) is 2.95. The fourth-order valence-corrected chi connectivity index (χ4v) is 1.97. The van der Waals surface area contributed by atoms with Crippen molar-refractivity contribution in [2.75, 3.05) is 30.1 Å². The lowest BCUT2D eigenvalue weighted by Gasteiger charge is -2.34. The standard InChI is InChI=1S/C11H15F3N4O/c1-7-6-19-3-2-18(7)10-5-8(11(12,13)14)4-9(16-10)17-15/h4-5,7H,2-3,6,15H2,1H3,(H,16,17). The maximum Gasteiger partial charge on any atom is 0.416 e. The summed E-state index contributed by atoms with van der Waals surface area (Å²) in [4.78, 5) is 5.85. The summed E-state index contributed by atoms with van der Waals surface area (Å²) in [5.74, 6) is 5.41. The quantitative estimate of drug-likeness (QED) is 0.634. The van der Waals surface area contributed by atoms with E-state index in [4.69, 9.17) is 10.6 Å². The van der Waals surface area contributed by atoms with Gasteiger partial charge in [0.2, 0.25) is 0 Å². The highest BCUT2D eigenvalue weighted by Crippen LogP contribution is 2.33. The molecule has 1 aliphatic rings. The zero-order valence-corrected chi connectivity index (χ0v) is 10.4. The number of alkyl halides is 3. The number of nitrogens with two attached hydrogens (primary N) is 1. The van der Waals surface area contributed by atoms with Gasteiger partial charge in [0, 0.05) is 6.54 Å². The molecule has 0 spiro atoms. The van der Waals surface area contributed by atoms with E-state index >= 15 is 0 Å². The second-order valence-electron chi connectivity index (χ2n) is 4.36. The van der Waals surface area contributed by atoms with Gasteiger partial charge in [0.1, 0.15) is 11.6 Å². The molecule has 3 N–H and O–H groups in total. The van der Waals surface area contributed by atoms with Gasteiger partial charge >= 0.3 is 6.18 Å². The molecule has 8 heteroatoms. The van der Waals surface area contributed by atoms with Gasteiger partial charge in [-0.25, -0.2) is 10.8 Å². The van der Waals surface area contributed by atoms with E-state index in [1.807, 2.05) is 6.92 Å². The van der Waals surface area contributed by atoms with E-state index in [0.717, 1.165) is 12.1 Å². The summed E-state index contributed by atoms with van der Waals surface area (Å²) in [6, 6.07) is 1.88. The van der Waals surface area contributed by atoms with E-state index in [2.05, 4.69) is 10.4 Å². The van der Waals surface area contributed by atoms with Gasteiger partial charge in [-0.3, -0.25) is 0 Å². The highest BCUT2D eigenvalue weighted by atomic mass is 19.4. The molecule has 1 atom stereocenters. The predicted octanol–water partition coefficient (Wildman–Crippen LogP) is 1.61. The normalized spacial score (nSPS) is 20.5. The summed E-state index contributed by atoms with van der Waals surface area (Å²) in [6.07, 6.45) is -4.43. The van der Waals surface area contributed by atoms with Gasteiger partial charge in [-0.15, -0.1) is 0 Å². The first-order valence-electron chi connectivity index (χ1n) is 5.82. The highest BCUT2D eigenvalue weighted by Gasteiger charge is 2.33. The van der Waals surface area contributed by atoms with Gasteiger partial charge in [-0.1, -0.05) is 0 Å². The largest absolute Gasteiger partial charge is 0.416 e. The van der Waals surface area contributed by atoms with E-state index < -0.39 is 11.7 Å². The van der Waals surface area contributed by atoms with Crippen LogP contribution in [0.4, 0.5) is 24.8 Å². The number of hydrogen-bond donors (Lipinski definition) is 2. The molecule has 0 saturated carbocycles. The molecule has 1 fully saturated rings. The SMILES string of the molecule is CC1COCCN1c1cc(C(F)(F)F)cc(NN)n1. The Bertz CT molecular complexity index is 452. The van der Waals surface area contributed by atoms with Gasteiger partial charge < -0.3 is 15.1 Å². The fourth-order valence-electron chi connectivity index (χ4n) is 1.97. The number of aromatic nitrogens is 1. The molecule has 1 aromatic heterocycles. The molecule has 2 heterocycles. The average molecular weight is 276 g/mol. The van der Waals surface area contributed by atoms with Crippen LogP contribution in [0.3, 0.4) is 0 Å². The molecular formula is C11H15F3N4O. The summed E-state index contributed by atoms with van der Waals surface area (Å²) in [5.41, 5.74) is 1.39. The Kier molecular flexibility index (Phi) is 3.81. The number of halogens is 3. The minimum Gasteiger partial charge on any atom is -0.377 e. The van der Waals surface area contributed by atoms with Gasteiger partial charge in [-0.2, -0.15) is 13.2 Å². The van der Waals surface area contributed by atoms with Crippen molar-refractivity contribution in [3.05, 3.63) is 17.7 Å². The molecule has 2 rings (SSSR count). The van der Waals surface area contributed by atoms with Gasteiger partial charge in [0.15, 0.2) is 0 Å². The molecular weight excluding hydrogens is 261 g/mol. The first-order chi connectivity index (χ1) is 8.91. The molecule has 1 saturated heterocycles. The Morgan fingerprint density at radius 3 is 2.79 bits per heavy atom. The third-order valence-corrected chi connectivity index (χ3v) is 2.95. The zero-order chi connectivity index (χ0) is 14.0. The van der Waals surface area contributed by atoms with Crippen LogP contribution in [-0.2, 0) is 10.9 Å². The van der Waals surface area contributed by atoms with Crippen molar-refractivity contribution >= 4 is 11.6 Å². The lowest BCUT2D eigenvalue weighted by molar-refractivity contribution is -0.137. The third kappa shape index (κ3) is 3.07. The van der Waals surface area contributed by atoms with Gasteiger partial charge in [0.25, 0.3) is 0 Å². The molecule has 1 aromatic rings. The van der Waals surface area contributed by atoms with E-state index in [0.29, 0.717) is 19.8 Å². The molecule has 0 amide bonds. The van der Waals surface area contributed by atoms with Crippen LogP contribution in [0, 0.1) is 0 Å². The zero-order valence-electron chi connectivity index (χ0n) is 10.4. The summed E-state index contributed by atoms with van der Waals surface area (Å²) >= 11 is 0. The number of anilines is 2. The van der Waals surface area contributed by atoms with Crippen molar-refractivity contribution in [2.24, 2.45) is 5.84 Å². The highest BCUT2D eigenvalue weighted by molar-refractivity contribution is 5.51. The van der Waals surface area contributed by atoms with Gasteiger partial charge in [-0.05, 0) is 19.1 Å². The van der Waals surface area contributed by atoms with Crippen molar-refractivity contribution < 1.29 is 17.9 Å². The minimum atomic E-state index is -4.43. The van der Waals surface area contributed by atoms with E-state index in [-0.39, 0.29) is 17.7 Å². The molecule has 1 unspecified atom stereocenters. The summed E-state index contributed by atoms with van der Waals surface area (Å²) in [5, 5.41) is 0. The van der Waals surface area contributed by atoms with Crippen LogP contribution in [-0.4, -0.2) is 30.8 Å². The van der Waals surface area contributed by atoms with Crippen LogP contribution in [0.25, 0.3) is 0 Å². The van der Waals surface area contributed by atoms with Crippen LogP contribution in [0.5, 0.6) is 0 Å². The molecule has 0 aromatic carbocycles. The van der Waals surface area contributed by atoms with Crippen LogP contribution < -0.4 is 16.2 Å². The lowest BCUT2D eigenvalue weighted by atomic mass is 10.2. The molecule has 0 bridgehead atoms. The minimum absolute atomic E-state index is 0.0106. The molecule has 0 aliphatic carbocycles. The van der Waals surface area contributed by atoms with E-state index in [1.54, 1.807) is 4.90 Å². The van der Waals surface area contributed by atoms with Crippen molar-refractivity contribution in [3.63, 3.8) is 0 Å². The topological polar surface area (TPSA) is 63.4 Å². The molecule has 106 valence electrons. The number of pyridine rings is 1. The summed E-state index contributed by atoms with van der Waals surface area (Å²) in [6.45, 7) is 3.30. The average Bonchev–Trinajstić information content (AvgIpc) is 2.37. The van der Waals surface area contributed by atoms with Crippen LogP contribution in [0.1, 0.15) is 12.5 Å². The second-order valence-corrected chi connectivity index (χ2v) is 4.36. The van der Waals surface area contributed by atoms with Crippen molar-refractivity contribution in [1.29, 1.82) is 0 Å². The van der Waals surface area contributed by atoms with E-state index in [9.17, 15) is 13.2 Å². The predicted molar refractivity (Wildman–Crippen MR) is 64.7 cm³/mol. The Morgan fingerprint density at radius 1 is 1.47 bits per heavy atom. The second kappa shape index (κ2) is 5.22. The number of nitrogen functional groups attached to an aromatic ring is 1. The number of hydrogen-bond acceptors (Lipinski definition) is 5. The number of rotatable bonds is 2. The van der Waals surface area contributed by atoms with Crippen LogP contribution >= 0.6 is 0 Å². The number of hydrazine groups is 1. The Labute approximate surface area is 108 Å². The maximum atomic E-state index is 12.8. The Hall–Kier alpha value is -1.54. The smallest absolute Gasteiger partial charge is 0.377 e. The van der Waals surface area contributed by atoms with Crippen molar-refractivity contribution in [3.8, 4) is 0 Å². The first-order valence-corrected chi connectivity index (χ1v) is 5.82. The van der Waals surface area contributed by atoms with Crippen LogP contribution in [0.15, 0.2) is 12.1 Å². The number of morpholine rings is 1. The number of nitrogens with one attached hydrogen (secondary N) is 1. The summed E-state index contributed by atoms with van der Waals surface area (Å²) < 4.78 is 43.7. The van der Waals surface area contributed by atoms with Crippen molar-refractivity contribution in [1.82, 2.24) is 4.98 Å². The number of ether oxygens (including phenoxy) is 1. The maximum absolute atomic E-state index is 12.8. The lowest BCUT2D eigenvalue weighted by Crippen LogP contribution is -2.44. The number of nitrogens with zero attached hydrogens (tertiary/aromatic N) is 2. The fraction of sp³-hybridized carbons (Fsp3) is 0.545. The van der Waals surface area contributed by atoms with Crippen LogP contribution in [0.2, 0.25) is 0 Å². The molecule has 1 aliphatic heterocycles. The molecule has 19 heavy (non-hydrogen) atoms. The molecule has 0 radical (unpaired) electrons. The Balaban J connectivity index is 2.39. The summed E-state index contributed by atoms with van der Waals surface area (Å²) in [7, 11) is 0. The molecule has 5 nitrogen and oxygen atoms in total. The monoisotopic (exact) mass is 276 g/mol. The van der Waals surface area contributed by atoms with E-state index in [1.165, 1.54) is 0 Å².